The number of likely N-dealkylation sites (tertiary alicyclic amines) is 1. The first-order chi connectivity index (χ1) is 10.6. The van der Waals surface area contributed by atoms with Crippen molar-refractivity contribution in [1.29, 1.82) is 0 Å². The zero-order valence-electron chi connectivity index (χ0n) is 13.0. The van der Waals surface area contributed by atoms with Crippen molar-refractivity contribution in [2.75, 3.05) is 19.7 Å². The monoisotopic (exact) mass is 325 g/mol. The number of benzene rings is 1. The van der Waals surface area contributed by atoms with Crippen molar-refractivity contribution in [1.82, 2.24) is 4.90 Å². The maximum Gasteiger partial charge on any atom is 0.222 e. The lowest BCUT2D eigenvalue weighted by molar-refractivity contribution is -0.134. The normalized spacial score (nSPS) is 19.8. The summed E-state index contributed by atoms with van der Waals surface area (Å²) in [6, 6.07) is 7.21. The molecule has 1 aromatic rings. The molecule has 0 bridgehead atoms. The minimum Gasteiger partial charge on any atom is -0.494 e. The fourth-order valence-corrected chi connectivity index (χ4v) is 2.86. The fraction of sp³-hybridized carbons (Fsp3) is 0.588. The molecular weight excluding hydrogens is 302 g/mol. The number of halogens is 1. The van der Waals surface area contributed by atoms with Gasteiger partial charge in [0.2, 0.25) is 5.91 Å². The summed E-state index contributed by atoms with van der Waals surface area (Å²) < 4.78 is 5.59. The van der Waals surface area contributed by atoms with Gasteiger partial charge >= 0.3 is 0 Å². The fourth-order valence-electron chi connectivity index (χ4n) is 2.73. The van der Waals surface area contributed by atoms with E-state index in [-0.39, 0.29) is 17.9 Å². The molecule has 22 heavy (non-hydrogen) atoms. The first-order valence-corrected chi connectivity index (χ1v) is 8.28. The van der Waals surface area contributed by atoms with Crippen molar-refractivity contribution < 1.29 is 14.6 Å². The van der Waals surface area contributed by atoms with Crippen LogP contribution in [0.2, 0.25) is 5.02 Å². The van der Waals surface area contributed by atoms with Crippen LogP contribution in [0.25, 0.3) is 0 Å². The quantitative estimate of drug-likeness (QED) is 0.818. The van der Waals surface area contributed by atoms with Crippen molar-refractivity contribution in [3.8, 4) is 5.75 Å². The van der Waals surface area contributed by atoms with Crippen LogP contribution < -0.4 is 4.74 Å². The predicted octanol–water partition coefficient (Wildman–Crippen LogP) is 3.12. The molecule has 1 heterocycles. The molecule has 4 nitrogen and oxygen atoms in total. The highest BCUT2D eigenvalue weighted by atomic mass is 35.5. The molecule has 0 spiro atoms. The molecule has 2 unspecified atom stereocenters. The molecule has 1 amide bonds. The summed E-state index contributed by atoms with van der Waals surface area (Å²) in [5.41, 5.74) is 0. The summed E-state index contributed by atoms with van der Waals surface area (Å²) in [6.45, 7) is 3.80. The Morgan fingerprint density at radius 2 is 2.18 bits per heavy atom. The van der Waals surface area contributed by atoms with Crippen LogP contribution in [0, 0.1) is 5.92 Å². The van der Waals surface area contributed by atoms with Crippen molar-refractivity contribution in [3.05, 3.63) is 29.3 Å². The lowest BCUT2D eigenvalue weighted by Gasteiger charge is -2.34. The largest absolute Gasteiger partial charge is 0.494 e. The van der Waals surface area contributed by atoms with Gasteiger partial charge < -0.3 is 14.7 Å². The van der Waals surface area contributed by atoms with E-state index in [1.165, 1.54) is 0 Å². The highest BCUT2D eigenvalue weighted by molar-refractivity contribution is 6.30. The summed E-state index contributed by atoms with van der Waals surface area (Å²) in [4.78, 5) is 14.1. The Balaban J connectivity index is 1.68. The maximum atomic E-state index is 12.2. The number of hydrogen-bond acceptors (Lipinski definition) is 3. The van der Waals surface area contributed by atoms with Crippen molar-refractivity contribution in [3.63, 3.8) is 0 Å². The van der Waals surface area contributed by atoms with E-state index in [0.29, 0.717) is 31.0 Å². The topological polar surface area (TPSA) is 49.8 Å². The van der Waals surface area contributed by atoms with Crippen LogP contribution in [-0.4, -0.2) is 41.7 Å². The van der Waals surface area contributed by atoms with Crippen LogP contribution in [0.5, 0.6) is 5.75 Å². The number of hydrogen-bond donors (Lipinski definition) is 1. The Kier molecular flexibility index (Phi) is 6.52. The van der Waals surface area contributed by atoms with Gasteiger partial charge in [0.25, 0.3) is 0 Å². The predicted molar refractivity (Wildman–Crippen MR) is 87.2 cm³/mol. The first-order valence-electron chi connectivity index (χ1n) is 7.90. The van der Waals surface area contributed by atoms with Gasteiger partial charge in [-0.05, 0) is 50.5 Å². The Labute approximate surface area is 137 Å². The summed E-state index contributed by atoms with van der Waals surface area (Å²) in [7, 11) is 0. The van der Waals surface area contributed by atoms with Crippen LogP contribution in [0.4, 0.5) is 0 Å². The number of nitrogens with zero attached hydrogens (tertiary/aromatic N) is 1. The molecule has 0 saturated carbocycles. The zero-order valence-corrected chi connectivity index (χ0v) is 13.8. The lowest BCUT2D eigenvalue weighted by atomic mass is 9.93. The van der Waals surface area contributed by atoms with E-state index in [2.05, 4.69) is 0 Å². The first kappa shape index (κ1) is 17.1. The third kappa shape index (κ3) is 5.18. The minimum atomic E-state index is -0.344. The van der Waals surface area contributed by atoms with Crippen LogP contribution in [-0.2, 0) is 4.79 Å². The molecule has 2 atom stereocenters. The van der Waals surface area contributed by atoms with Gasteiger partial charge in [-0.15, -0.1) is 0 Å². The standard InChI is InChI=1S/C17H24ClNO3/c1-13(20)14-4-2-10-19(12-14)17(21)5-3-11-22-16-8-6-15(18)7-9-16/h6-9,13-14,20H,2-5,10-12H2,1H3. The summed E-state index contributed by atoms with van der Waals surface area (Å²) in [5.74, 6) is 1.14. The minimum absolute atomic E-state index is 0.157. The Morgan fingerprint density at radius 1 is 1.45 bits per heavy atom. The van der Waals surface area contributed by atoms with Gasteiger partial charge in [-0.2, -0.15) is 0 Å². The van der Waals surface area contributed by atoms with Gasteiger partial charge in [-0.1, -0.05) is 11.6 Å². The summed E-state index contributed by atoms with van der Waals surface area (Å²) >= 11 is 5.81. The van der Waals surface area contributed by atoms with E-state index < -0.39 is 0 Å². The molecule has 0 aromatic heterocycles. The second-order valence-corrected chi connectivity index (χ2v) is 6.33. The van der Waals surface area contributed by atoms with E-state index in [1.54, 1.807) is 19.1 Å². The van der Waals surface area contributed by atoms with E-state index in [9.17, 15) is 9.90 Å². The number of carbonyl (C=O) groups excluding carboxylic acids is 1. The number of ether oxygens (including phenoxy) is 1. The number of rotatable bonds is 6. The van der Waals surface area contributed by atoms with Crippen molar-refractivity contribution in [2.45, 2.75) is 38.7 Å². The van der Waals surface area contributed by atoms with Gasteiger partial charge in [-0.25, -0.2) is 0 Å². The molecule has 0 aliphatic carbocycles. The van der Waals surface area contributed by atoms with Crippen molar-refractivity contribution in [2.24, 2.45) is 5.92 Å². The molecule has 1 saturated heterocycles. The van der Waals surface area contributed by atoms with Gasteiger partial charge in [0.15, 0.2) is 0 Å². The Bertz CT molecular complexity index is 475. The molecular formula is C17H24ClNO3. The van der Waals surface area contributed by atoms with E-state index >= 15 is 0 Å². The summed E-state index contributed by atoms with van der Waals surface area (Å²) in [5, 5.41) is 10.3. The third-order valence-corrected chi connectivity index (χ3v) is 4.36. The number of aliphatic hydroxyl groups excluding tert-OH is 1. The number of piperidine rings is 1. The van der Waals surface area contributed by atoms with Crippen molar-refractivity contribution >= 4 is 17.5 Å². The maximum absolute atomic E-state index is 12.2. The molecule has 1 aliphatic rings. The highest BCUT2D eigenvalue weighted by Gasteiger charge is 2.25. The SMILES string of the molecule is CC(O)C1CCCN(C(=O)CCCOc2ccc(Cl)cc2)C1. The highest BCUT2D eigenvalue weighted by Crippen LogP contribution is 2.20. The molecule has 1 fully saturated rings. The molecule has 5 heteroatoms. The molecule has 2 rings (SSSR count). The van der Waals surface area contributed by atoms with E-state index in [0.717, 1.165) is 25.1 Å². The lowest BCUT2D eigenvalue weighted by Crippen LogP contribution is -2.42. The average Bonchev–Trinajstić information content (AvgIpc) is 2.53. The summed E-state index contributed by atoms with van der Waals surface area (Å²) in [6.07, 6.45) is 2.81. The van der Waals surface area contributed by atoms with Gasteiger partial charge in [0.1, 0.15) is 5.75 Å². The number of carbonyl (C=O) groups is 1. The molecule has 1 aliphatic heterocycles. The zero-order chi connectivity index (χ0) is 15.9. The Morgan fingerprint density at radius 3 is 2.86 bits per heavy atom. The van der Waals surface area contributed by atoms with Gasteiger partial charge in [0.05, 0.1) is 12.7 Å². The third-order valence-electron chi connectivity index (χ3n) is 4.11. The van der Waals surface area contributed by atoms with E-state index in [1.807, 2.05) is 17.0 Å². The van der Waals surface area contributed by atoms with Crippen LogP contribution >= 0.6 is 11.6 Å². The molecule has 1 N–H and O–H groups in total. The van der Waals surface area contributed by atoms with Crippen LogP contribution in [0.15, 0.2) is 24.3 Å². The number of amides is 1. The molecule has 0 radical (unpaired) electrons. The van der Waals surface area contributed by atoms with E-state index in [4.69, 9.17) is 16.3 Å². The Hall–Kier alpha value is -1.26. The second-order valence-electron chi connectivity index (χ2n) is 5.89. The van der Waals surface area contributed by atoms with Gasteiger partial charge in [-0.3, -0.25) is 4.79 Å². The number of aliphatic hydroxyl groups is 1. The van der Waals surface area contributed by atoms with Crippen LogP contribution in [0.1, 0.15) is 32.6 Å². The molecule has 1 aromatic carbocycles. The smallest absolute Gasteiger partial charge is 0.222 e. The van der Waals surface area contributed by atoms with Gasteiger partial charge in [0, 0.05) is 30.5 Å². The molecule has 122 valence electrons. The second kappa shape index (κ2) is 8.39. The average molecular weight is 326 g/mol. The van der Waals surface area contributed by atoms with Crippen LogP contribution in [0.3, 0.4) is 0 Å².